The Labute approximate surface area is 124 Å². The van der Waals surface area contributed by atoms with E-state index >= 15 is 0 Å². The van der Waals surface area contributed by atoms with Crippen molar-refractivity contribution in [2.45, 2.75) is 43.9 Å². The average Bonchev–Trinajstić information content (AvgIpc) is 2.90. The van der Waals surface area contributed by atoms with Crippen molar-refractivity contribution in [2.75, 3.05) is 14.2 Å². The highest BCUT2D eigenvalue weighted by atomic mass is 79.9. The molecule has 19 heavy (non-hydrogen) atoms. The molecule has 1 aliphatic rings. The summed E-state index contributed by atoms with van der Waals surface area (Å²) in [5.41, 5.74) is 2.59. The van der Waals surface area contributed by atoms with Gasteiger partial charge in [-0.2, -0.15) is 0 Å². The number of hydrogen-bond acceptors (Lipinski definition) is 2. The van der Waals surface area contributed by atoms with Crippen molar-refractivity contribution in [2.24, 2.45) is 5.92 Å². The predicted molar refractivity (Wildman–Crippen MR) is 82.5 cm³/mol. The first-order valence-corrected chi connectivity index (χ1v) is 7.94. The van der Waals surface area contributed by atoms with Gasteiger partial charge in [-0.3, -0.25) is 0 Å². The molecule has 0 aliphatic heterocycles. The van der Waals surface area contributed by atoms with Crippen LogP contribution in [0.25, 0.3) is 0 Å². The SMILES string of the molecule is COc1cc(C)c(C(Br)CC2CCCC2)cc1OC. The van der Waals surface area contributed by atoms with Gasteiger partial charge >= 0.3 is 0 Å². The first kappa shape index (κ1) is 14.7. The molecule has 1 saturated carbocycles. The molecule has 1 aromatic carbocycles. The van der Waals surface area contributed by atoms with Crippen LogP contribution in [0.5, 0.6) is 11.5 Å². The number of benzene rings is 1. The van der Waals surface area contributed by atoms with Crippen LogP contribution in [0.2, 0.25) is 0 Å². The standard InChI is InChI=1S/C16H23BrO2/c1-11-8-15(18-2)16(19-3)10-13(11)14(17)9-12-6-4-5-7-12/h8,10,12,14H,4-7,9H2,1-3H3. The number of rotatable bonds is 5. The number of halogens is 1. The molecule has 0 aromatic heterocycles. The molecule has 1 fully saturated rings. The van der Waals surface area contributed by atoms with Crippen LogP contribution in [0, 0.1) is 12.8 Å². The summed E-state index contributed by atoms with van der Waals surface area (Å²) >= 11 is 3.86. The Morgan fingerprint density at radius 2 is 1.74 bits per heavy atom. The zero-order valence-corrected chi connectivity index (χ0v) is 13.6. The Bertz CT molecular complexity index is 425. The third kappa shape index (κ3) is 3.44. The van der Waals surface area contributed by atoms with Crippen molar-refractivity contribution < 1.29 is 9.47 Å². The average molecular weight is 327 g/mol. The normalized spacial score (nSPS) is 17.5. The first-order chi connectivity index (χ1) is 9.15. The lowest BCUT2D eigenvalue weighted by Crippen LogP contribution is -2.02. The molecule has 106 valence electrons. The van der Waals surface area contributed by atoms with Crippen molar-refractivity contribution in [1.29, 1.82) is 0 Å². The second-order valence-electron chi connectivity index (χ2n) is 5.42. The number of ether oxygens (including phenoxy) is 2. The molecule has 2 rings (SSSR count). The molecule has 0 heterocycles. The van der Waals surface area contributed by atoms with E-state index in [1.807, 2.05) is 0 Å². The number of hydrogen-bond donors (Lipinski definition) is 0. The van der Waals surface area contributed by atoms with Gasteiger partial charge in [-0.05, 0) is 42.5 Å². The summed E-state index contributed by atoms with van der Waals surface area (Å²) in [5, 5.41) is 0. The third-order valence-electron chi connectivity index (χ3n) is 4.12. The predicted octanol–water partition coefficient (Wildman–Crippen LogP) is 5.03. The van der Waals surface area contributed by atoms with Crippen LogP contribution >= 0.6 is 15.9 Å². The lowest BCUT2D eigenvalue weighted by atomic mass is 9.95. The topological polar surface area (TPSA) is 18.5 Å². The quantitative estimate of drug-likeness (QED) is 0.706. The van der Waals surface area contributed by atoms with E-state index in [1.165, 1.54) is 43.2 Å². The summed E-state index contributed by atoms with van der Waals surface area (Å²) in [6, 6.07) is 4.18. The van der Waals surface area contributed by atoms with E-state index in [-0.39, 0.29) is 0 Å². The molecule has 1 atom stereocenters. The molecule has 2 nitrogen and oxygen atoms in total. The zero-order chi connectivity index (χ0) is 13.8. The van der Waals surface area contributed by atoms with Crippen molar-refractivity contribution in [1.82, 2.24) is 0 Å². The number of alkyl halides is 1. The van der Waals surface area contributed by atoms with Gasteiger partial charge in [0.1, 0.15) is 0 Å². The Morgan fingerprint density at radius 3 is 2.32 bits per heavy atom. The van der Waals surface area contributed by atoms with E-state index in [2.05, 4.69) is 35.0 Å². The van der Waals surface area contributed by atoms with Crippen LogP contribution in [-0.4, -0.2) is 14.2 Å². The molecule has 0 saturated heterocycles. The van der Waals surface area contributed by atoms with Gasteiger partial charge in [-0.15, -0.1) is 0 Å². The van der Waals surface area contributed by atoms with Crippen molar-refractivity contribution in [3.8, 4) is 11.5 Å². The molecule has 3 heteroatoms. The minimum Gasteiger partial charge on any atom is -0.493 e. The largest absolute Gasteiger partial charge is 0.493 e. The zero-order valence-electron chi connectivity index (χ0n) is 12.0. The monoisotopic (exact) mass is 326 g/mol. The molecule has 1 aromatic rings. The van der Waals surface area contributed by atoms with E-state index < -0.39 is 0 Å². The van der Waals surface area contributed by atoms with Gasteiger partial charge < -0.3 is 9.47 Å². The van der Waals surface area contributed by atoms with Crippen LogP contribution in [-0.2, 0) is 0 Å². The van der Waals surface area contributed by atoms with E-state index in [0.717, 1.165) is 17.4 Å². The van der Waals surface area contributed by atoms with E-state index in [9.17, 15) is 0 Å². The Hall–Kier alpha value is -0.700. The molecule has 0 radical (unpaired) electrons. The van der Waals surface area contributed by atoms with Gasteiger partial charge in [0.15, 0.2) is 11.5 Å². The first-order valence-electron chi connectivity index (χ1n) is 7.02. The summed E-state index contributed by atoms with van der Waals surface area (Å²) in [5.74, 6) is 2.50. The second-order valence-corrected chi connectivity index (χ2v) is 6.52. The van der Waals surface area contributed by atoms with Gasteiger partial charge in [-0.25, -0.2) is 0 Å². The van der Waals surface area contributed by atoms with Crippen molar-refractivity contribution in [3.63, 3.8) is 0 Å². The summed E-state index contributed by atoms with van der Waals surface area (Å²) in [4.78, 5) is 0.412. The van der Waals surface area contributed by atoms with Gasteiger partial charge in [0.2, 0.25) is 0 Å². The molecular weight excluding hydrogens is 304 g/mol. The fourth-order valence-corrected chi connectivity index (χ4v) is 4.02. The highest BCUT2D eigenvalue weighted by Crippen LogP contribution is 2.41. The lowest BCUT2D eigenvalue weighted by Gasteiger charge is -2.19. The summed E-state index contributed by atoms with van der Waals surface area (Å²) in [6.45, 7) is 2.14. The highest BCUT2D eigenvalue weighted by molar-refractivity contribution is 9.09. The van der Waals surface area contributed by atoms with Gasteiger partial charge in [0, 0.05) is 4.83 Å². The van der Waals surface area contributed by atoms with Crippen LogP contribution < -0.4 is 9.47 Å². The maximum Gasteiger partial charge on any atom is 0.161 e. The van der Waals surface area contributed by atoms with Crippen LogP contribution in [0.4, 0.5) is 0 Å². The number of methoxy groups -OCH3 is 2. The van der Waals surface area contributed by atoms with E-state index in [0.29, 0.717) is 4.83 Å². The summed E-state index contributed by atoms with van der Waals surface area (Å²) in [6.07, 6.45) is 6.78. The van der Waals surface area contributed by atoms with E-state index in [1.54, 1.807) is 14.2 Å². The van der Waals surface area contributed by atoms with Crippen molar-refractivity contribution in [3.05, 3.63) is 23.3 Å². The Balaban J connectivity index is 2.17. The fourth-order valence-electron chi connectivity index (χ4n) is 3.00. The molecule has 0 spiro atoms. The maximum atomic E-state index is 5.41. The molecule has 0 N–H and O–H groups in total. The van der Waals surface area contributed by atoms with Crippen LogP contribution in [0.15, 0.2) is 12.1 Å². The van der Waals surface area contributed by atoms with Crippen molar-refractivity contribution >= 4 is 15.9 Å². The summed E-state index contributed by atoms with van der Waals surface area (Å²) < 4.78 is 10.8. The van der Waals surface area contributed by atoms with Crippen LogP contribution in [0.3, 0.4) is 0 Å². The van der Waals surface area contributed by atoms with Gasteiger partial charge in [-0.1, -0.05) is 41.6 Å². The third-order valence-corrected chi connectivity index (χ3v) is 4.99. The molecule has 1 unspecified atom stereocenters. The smallest absolute Gasteiger partial charge is 0.161 e. The molecule has 0 amide bonds. The lowest BCUT2D eigenvalue weighted by molar-refractivity contribution is 0.354. The minimum absolute atomic E-state index is 0.412. The molecule has 1 aliphatic carbocycles. The highest BCUT2D eigenvalue weighted by Gasteiger charge is 2.21. The molecular formula is C16H23BrO2. The second kappa shape index (κ2) is 6.65. The fraction of sp³-hybridized carbons (Fsp3) is 0.625. The number of aryl methyl sites for hydroxylation is 1. The van der Waals surface area contributed by atoms with Crippen LogP contribution in [0.1, 0.15) is 48.1 Å². The molecule has 0 bridgehead atoms. The maximum absolute atomic E-state index is 5.41. The van der Waals surface area contributed by atoms with Gasteiger partial charge in [0.25, 0.3) is 0 Å². The minimum atomic E-state index is 0.412. The Kier molecular flexibility index (Phi) is 5.14. The van der Waals surface area contributed by atoms with Gasteiger partial charge in [0.05, 0.1) is 14.2 Å². The Morgan fingerprint density at radius 1 is 1.16 bits per heavy atom. The summed E-state index contributed by atoms with van der Waals surface area (Å²) in [7, 11) is 3.37. The van der Waals surface area contributed by atoms with E-state index in [4.69, 9.17) is 9.47 Å².